The Kier molecular flexibility index (Phi) is 5.39. The monoisotopic (exact) mass is 325 g/mol. The number of carbonyl (C=O) groups is 1. The summed E-state index contributed by atoms with van der Waals surface area (Å²) in [5.74, 6) is 3.04. The predicted molar refractivity (Wildman–Crippen MR) is 95.1 cm³/mol. The van der Waals surface area contributed by atoms with Gasteiger partial charge in [0.2, 0.25) is 0 Å². The number of ether oxygens (including phenoxy) is 1. The van der Waals surface area contributed by atoms with Gasteiger partial charge in [0.05, 0.1) is 5.69 Å². The molecule has 0 bridgehead atoms. The fourth-order valence-electron chi connectivity index (χ4n) is 3.24. The van der Waals surface area contributed by atoms with Crippen molar-refractivity contribution in [2.24, 2.45) is 0 Å². The molecule has 2 amide bonds. The first-order valence-corrected chi connectivity index (χ1v) is 8.38. The lowest BCUT2D eigenvalue weighted by atomic mass is 10.0. The summed E-state index contributed by atoms with van der Waals surface area (Å²) < 4.78 is 5.48. The molecule has 5 heteroatoms. The van der Waals surface area contributed by atoms with E-state index in [-0.39, 0.29) is 12.6 Å². The van der Waals surface area contributed by atoms with E-state index in [0.29, 0.717) is 17.5 Å². The number of nitrogens with zero attached hydrogens (tertiary/aromatic N) is 2. The summed E-state index contributed by atoms with van der Waals surface area (Å²) in [5.41, 5.74) is 0.656. The van der Waals surface area contributed by atoms with Crippen molar-refractivity contribution in [3.63, 3.8) is 0 Å². The number of rotatable bonds is 4. The lowest BCUT2D eigenvalue weighted by molar-refractivity contribution is 0.144. The van der Waals surface area contributed by atoms with Crippen molar-refractivity contribution in [3.05, 3.63) is 36.4 Å². The second-order valence-electron chi connectivity index (χ2n) is 6.06. The molecule has 126 valence electrons. The maximum absolute atomic E-state index is 12.5. The normalized spacial score (nSPS) is 18.4. The van der Waals surface area contributed by atoms with E-state index in [1.54, 1.807) is 6.07 Å². The number of terminal acetylenes is 1. The standard InChI is InChI=1S/C19H23N3O2/c1-2-15-24-18-8-4-3-7-17(18)20-19(23)22-13-9-16(10-14-22)21-11-5-6-12-21/h1,3-8,16H,9-15H2,(H,20,23). The molecule has 5 nitrogen and oxygen atoms in total. The van der Waals surface area contributed by atoms with Gasteiger partial charge in [0.1, 0.15) is 12.4 Å². The van der Waals surface area contributed by atoms with Crippen LogP contribution in [0.4, 0.5) is 10.5 Å². The highest BCUT2D eigenvalue weighted by Crippen LogP contribution is 2.25. The number of urea groups is 1. The van der Waals surface area contributed by atoms with Crippen LogP contribution in [0.15, 0.2) is 36.4 Å². The van der Waals surface area contributed by atoms with Gasteiger partial charge in [-0.3, -0.25) is 4.90 Å². The number of carbonyl (C=O) groups excluding carboxylic acids is 1. The number of likely N-dealkylation sites (tertiary alicyclic amines) is 1. The van der Waals surface area contributed by atoms with Crippen LogP contribution in [0.1, 0.15) is 12.8 Å². The van der Waals surface area contributed by atoms with Crippen LogP contribution in [-0.2, 0) is 0 Å². The number of piperidine rings is 1. The summed E-state index contributed by atoms with van der Waals surface area (Å²) in [7, 11) is 0. The summed E-state index contributed by atoms with van der Waals surface area (Å²) in [6.07, 6.45) is 11.7. The Balaban J connectivity index is 1.54. The van der Waals surface area contributed by atoms with Gasteiger partial charge in [-0.25, -0.2) is 4.79 Å². The molecule has 0 spiro atoms. The first-order valence-electron chi connectivity index (χ1n) is 8.38. The Morgan fingerprint density at radius 2 is 1.96 bits per heavy atom. The summed E-state index contributed by atoms with van der Waals surface area (Å²) in [6, 6.07) is 7.86. The molecule has 1 aromatic carbocycles. The van der Waals surface area contributed by atoms with Gasteiger partial charge in [0, 0.05) is 32.2 Å². The van der Waals surface area contributed by atoms with E-state index in [1.807, 2.05) is 23.1 Å². The van der Waals surface area contributed by atoms with Gasteiger partial charge < -0.3 is 15.0 Å². The smallest absolute Gasteiger partial charge is 0.321 e. The van der Waals surface area contributed by atoms with Gasteiger partial charge in [-0.05, 0) is 25.0 Å². The topological polar surface area (TPSA) is 44.8 Å². The Morgan fingerprint density at radius 1 is 1.25 bits per heavy atom. The number of para-hydroxylation sites is 2. The molecule has 0 atom stereocenters. The van der Waals surface area contributed by atoms with Crippen LogP contribution in [-0.4, -0.2) is 54.7 Å². The fraction of sp³-hybridized carbons (Fsp3) is 0.421. The van der Waals surface area contributed by atoms with E-state index in [4.69, 9.17) is 11.2 Å². The van der Waals surface area contributed by atoms with Gasteiger partial charge in [-0.15, -0.1) is 6.42 Å². The molecular formula is C19H23N3O2. The number of hydrogen-bond acceptors (Lipinski definition) is 3. The highest BCUT2D eigenvalue weighted by Gasteiger charge is 2.27. The molecule has 1 aromatic rings. The SMILES string of the molecule is C#CCOc1ccccc1NC(=O)N1CCC(N2CC=CC2)CC1. The number of nitrogens with one attached hydrogen (secondary N) is 1. The number of amides is 2. The fourth-order valence-corrected chi connectivity index (χ4v) is 3.24. The van der Waals surface area contributed by atoms with Crippen LogP contribution in [0.3, 0.4) is 0 Å². The first kappa shape index (κ1) is 16.4. The zero-order valence-electron chi connectivity index (χ0n) is 13.8. The third-order valence-electron chi connectivity index (χ3n) is 4.55. The zero-order valence-corrected chi connectivity index (χ0v) is 13.8. The minimum atomic E-state index is -0.0789. The number of anilines is 1. The van der Waals surface area contributed by atoms with E-state index in [9.17, 15) is 4.79 Å². The van der Waals surface area contributed by atoms with Crippen LogP contribution in [0.5, 0.6) is 5.75 Å². The average Bonchev–Trinajstić information content (AvgIpc) is 3.16. The molecular weight excluding hydrogens is 302 g/mol. The van der Waals surface area contributed by atoms with Crippen molar-refractivity contribution in [1.82, 2.24) is 9.80 Å². The van der Waals surface area contributed by atoms with E-state index in [1.165, 1.54) is 0 Å². The molecule has 1 fully saturated rings. The van der Waals surface area contributed by atoms with E-state index in [0.717, 1.165) is 39.0 Å². The number of hydrogen-bond donors (Lipinski definition) is 1. The summed E-state index contributed by atoms with van der Waals surface area (Å²) in [6.45, 7) is 3.82. The zero-order chi connectivity index (χ0) is 16.8. The molecule has 0 radical (unpaired) electrons. The second-order valence-corrected chi connectivity index (χ2v) is 6.06. The highest BCUT2D eigenvalue weighted by atomic mass is 16.5. The van der Waals surface area contributed by atoms with Crippen molar-refractivity contribution in [2.75, 3.05) is 38.1 Å². The van der Waals surface area contributed by atoms with Crippen LogP contribution in [0.25, 0.3) is 0 Å². The van der Waals surface area contributed by atoms with E-state index < -0.39 is 0 Å². The van der Waals surface area contributed by atoms with Crippen LogP contribution in [0.2, 0.25) is 0 Å². The molecule has 0 aromatic heterocycles. The van der Waals surface area contributed by atoms with Crippen LogP contribution >= 0.6 is 0 Å². The molecule has 3 rings (SSSR count). The van der Waals surface area contributed by atoms with Crippen LogP contribution in [0, 0.1) is 12.3 Å². The first-order chi connectivity index (χ1) is 11.8. The van der Waals surface area contributed by atoms with Crippen molar-refractivity contribution < 1.29 is 9.53 Å². The van der Waals surface area contributed by atoms with Gasteiger partial charge in [-0.2, -0.15) is 0 Å². The summed E-state index contributed by atoms with van der Waals surface area (Å²) in [5, 5.41) is 2.94. The highest BCUT2D eigenvalue weighted by molar-refractivity contribution is 5.91. The average molecular weight is 325 g/mol. The Labute approximate surface area is 143 Å². The molecule has 2 aliphatic rings. The van der Waals surface area contributed by atoms with Crippen molar-refractivity contribution in [3.8, 4) is 18.1 Å². The van der Waals surface area contributed by atoms with Gasteiger partial charge in [0.15, 0.2) is 0 Å². The third kappa shape index (κ3) is 3.90. The maximum atomic E-state index is 12.5. The Bertz CT molecular complexity index is 634. The molecule has 1 N–H and O–H groups in total. The number of benzene rings is 1. The van der Waals surface area contributed by atoms with Gasteiger partial charge in [0.25, 0.3) is 0 Å². The lowest BCUT2D eigenvalue weighted by Gasteiger charge is -2.36. The minimum absolute atomic E-state index is 0.0789. The minimum Gasteiger partial charge on any atom is -0.479 e. The van der Waals surface area contributed by atoms with E-state index >= 15 is 0 Å². The van der Waals surface area contributed by atoms with Crippen molar-refractivity contribution in [1.29, 1.82) is 0 Å². The molecule has 2 heterocycles. The van der Waals surface area contributed by atoms with Gasteiger partial charge >= 0.3 is 6.03 Å². The summed E-state index contributed by atoms with van der Waals surface area (Å²) >= 11 is 0. The quantitative estimate of drug-likeness (QED) is 0.683. The largest absolute Gasteiger partial charge is 0.479 e. The van der Waals surface area contributed by atoms with Crippen LogP contribution < -0.4 is 10.1 Å². The molecule has 0 aliphatic carbocycles. The maximum Gasteiger partial charge on any atom is 0.321 e. The molecule has 1 saturated heterocycles. The van der Waals surface area contributed by atoms with Crippen molar-refractivity contribution >= 4 is 11.7 Å². The molecule has 0 unspecified atom stereocenters. The Morgan fingerprint density at radius 3 is 2.67 bits per heavy atom. The van der Waals surface area contributed by atoms with Crippen molar-refractivity contribution in [2.45, 2.75) is 18.9 Å². The summed E-state index contributed by atoms with van der Waals surface area (Å²) in [4.78, 5) is 16.9. The van der Waals surface area contributed by atoms with E-state index in [2.05, 4.69) is 28.3 Å². The molecule has 24 heavy (non-hydrogen) atoms. The Hall–Kier alpha value is -2.45. The molecule has 2 aliphatic heterocycles. The van der Waals surface area contributed by atoms with Gasteiger partial charge in [-0.1, -0.05) is 30.2 Å². The lowest BCUT2D eigenvalue weighted by Crippen LogP contribution is -2.47. The second kappa shape index (κ2) is 7.89. The third-order valence-corrected chi connectivity index (χ3v) is 4.55. The predicted octanol–water partition coefficient (Wildman–Crippen LogP) is 2.57. The molecule has 0 saturated carbocycles.